The van der Waals surface area contributed by atoms with Crippen LogP contribution in [0.2, 0.25) is 0 Å². The van der Waals surface area contributed by atoms with Gasteiger partial charge in [-0.15, -0.1) is 0 Å². The summed E-state index contributed by atoms with van der Waals surface area (Å²) in [7, 11) is 0. The van der Waals surface area contributed by atoms with Crippen LogP contribution in [-0.2, 0) is 12.8 Å². The van der Waals surface area contributed by atoms with Crippen molar-refractivity contribution >= 4 is 11.8 Å². The molecule has 0 saturated carbocycles. The second-order valence-corrected chi connectivity index (χ2v) is 5.82. The van der Waals surface area contributed by atoms with E-state index >= 15 is 0 Å². The van der Waals surface area contributed by atoms with Gasteiger partial charge in [-0.3, -0.25) is 0 Å². The lowest BCUT2D eigenvalue weighted by atomic mass is 10.1. The van der Waals surface area contributed by atoms with Gasteiger partial charge in [0.05, 0.1) is 11.6 Å². The highest BCUT2D eigenvalue weighted by Crippen LogP contribution is 2.32. The highest BCUT2D eigenvalue weighted by molar-refractivity contribution is 7.99. The first kappa shape index (κ1) is 12.3. The molecule has 0 atom stereocenters. The van der Waals surface area contributed by atoms with Crippen LogP contribution < -0.4 is 0 Å². The Balaban J connectivity index is 1.89. The number of aryl methyl sites for hydroxylation is 2. The maximum Gasteiger partial charge on any atom is 0.125 e. The number of hydrogen-bond donors (Lipinski definition) is 0. The summed E-state index contributed by atoms with van der Waals surface area (Å²) in [5.41, 5.74) is 3.20. The van der Waals surface area contributed by atoms with Gasteiger partial charge in [-0.25, -0.2) is 4.39 Å². The maximum absolute atomic E-state index is 13.4. The maximum atomic E-state index is 13.4. The summed E-state index contributed by atoms with van der Waals surface area (Å²) in [5.74, 6) is -0.359. The van der Waals surface area contributed by atoms with Gasteiger partial charge in [0.25, 0.3) is 0 Å². The topological polar surface area (TPSA) is 23.8 Å². The molecule has 1 nitrogen and oxygen atoms in total. The largest absolute Gasteiger partial charge is 0.207 e. The quantitative estimate of drug-likeness (QED) is 0.810. The SMILES string of the molecule is N#Cc1cc(F)cc(Sc2ccc3c(c2)CCC3)c1. The summed E-state index contributed by atoms with van der Waals surface area (Å²) in [6, 6.07) is 12.9. The molecule has 1 aliphatic rings. The number of rotatable bonds is 2. The number of nitrogens with zero attached hydrogens (tertiary/aromatic N) is 1. The zero-order valence-corrected chi connectivity index (χ0v) is 11.1. The zero-order valence-electron chi connectivity index (χ0n) is 10.3. The number of fused-ring (bicyclic) bond motifs is 1. The third-order valence-corrected chi connectivity index (χ3v) is 4.27. The standard InChI is InChI=1S/C16H12FNS/c17-14-6-11(10-18)7-16(9-14)19-15-5-4-12-2-1-3-13(12)8-15/h4-9H,1-3H2. The Morgan fingerprint density at radius 2 is 1.84 bits per heavy atom. The Morgan fingerprint density at radius 1 is 1.00 bits per heavy atom. The molecule has 0 unspecified atom stereocenters. The summed E-state index contributed by atoms with van der Waals surface area (Å²) < 4.78 is 13.4. The summed E-state index contributed by atoms with van der Waals surface area (Å²) in [6.07, 6.45) is 3.52. The summed E-state index contributed by atoms with van der Waals surface area (Å²) >= 11 is 1.51. The number of nitriles is 1. The Kier molecular flexibility index (Phi) is 3.27. The van der Waals surface area contributed by atoms with E-state index in [1.807, 2.05) is 6.07 Å². The molecule has 0 fully saturated rings. The van der Waals surface area contributed by atoms with Crippen LogP contribution in [0.25, 0.3) is 0 Å². The monoisotopic (exact) mass is 269 g/mol. The molecule has 19 heavy (non-hydrogen) atoms. The second-order valence-electron chi connectivity index (χ2n) is 4.67. The lowest BCUT2D eigenvalue weighted by Crippen LogP contribution is -1.84. The van der Waals surface area contributed by atoms with E-state index in [-0.39, 0.29) is 5.82 Å². The Morgan fingerprint density at radius 3 is 2.68 bits per heavy atom. The van der Waals surface area contributed by atoms with Gasteiger partial charge in [0.1, 0.15) is 5.82 Å². The molecule has 0 radical (unpaired) electrons. The average molecular weight is 269 g/mol. The molecule has 3 rings (SSSR count). The minimum Gasteiger partial charge on any atom is -0.207 e. The van der Waals surface area contributed by atoms with Crippen LogP contribution in [0.15, 0.2) is 46.2 Å². The van der Waals surface area contributed by atoms with Crippen LogP contribution in [-0.4, -0.2) is 0 Å². The van der Waals surface area contributed by atoms with Crippen molar-refractivity contribution in [3.05, 3.63) is 58.9 Å². The van der Waals surface area contributed by atoms with Crippen molar-refractivity contribution in [2.24, 2.45) is 0 Å². The fourth-order valence-corrected chi connectivity index (χ4v) is 3.40. The highest BCUT2D eigenvalue weighted by Gasteiger charge is 2.11. The molecule has 0 amide bonds. The second kappa shape index (κ2) is 5.07. The van der Waals surface area contributed by atoms with E-state index < -0.39 is 0 Å². The molecule has 0 heterocycles. The van der Waals surface area contributed by atoms with Crippen molar-refractivity contribution in [1.29, 1.82) is 5.26 Å². The van der Waals surface area contributed by atoms with Crippen LogP contribution in [0.4, 0.5) is 4.39 Å². The molecular weight excluding hydrogens is 257 g/mol. The Labute approximate surface area is 116 Å². The minimum atomic E-state index is -0.359. The molecule has 0 aromatic heterocycles. The first-order valence-corrected chi connectivity index (χ1v) is 7.06. The van der Waals surface area contributed by atoms with E-state index in [1.165, 1.54) is 47.9 Å². The molecular formula is C16H12FNS. The van der Waals surface area contributed by atoms with Gasteiger partial charge in [0.2, 0.25) is 0 Å². The van der Waals surface area contributed by atoms with Gasteiger partial charge in [0, 0.05) is 9.79 Å². The van der Waals surface area contributed by atoms with Gasteiger partial charge >= 0.3 is 0 Å². The van der Waals surface area contributed by atoms with Crippen molar-refractivity contribution < 1.29 is 4.39 Å². The molecule has 0 saturated heterocycles. The molecule has 0 spiro atoms. The lowest BCUT2D eigenvalue weighted by Gasteiger charge is -2.05. The van der Waals surface area contributed by atoms with E-state index in [0.29, 0.717) is 5.56 Å². The van der Waals surface area contributed by atoms with Crippen LogP contribution in [0.5, 0.6) is 0 Å². The van der Waals surface area contributed by atoms with Crippen LogP contribution >= 0.6 is 11.8 Å². The predicted molar refractivity (Wildman–Crippen MR) is 73.7 cm³/mol. The first-order chi connectivity index (χ1) is 9.24. The fourth-order valence-electron chi connectivity index (χ4n) is 2.43. The summed E-state index contributed by atoms with van der Waals surface area (Å²) in [5, 5.41) is 8.85. The molecule has 2 aromatic rings. The van der Waals surface area contributed by atoms with Crippen molar-refractivity contribution in [3.63, 3.8) is 0 Å². The third kappa shape index (κ3) is 2.64. The average Bonchev–Trinajstić information content (AvgIpc) is 2.85. The molecule has 0 aliphatic heterocycles. The smallest absolute Gasteiger partial charge is 0.125 e. The highest BCUT2D eigenvalue weighted by atomic mass is 32.2. The van der Waals surface area contributed by atoms with Gasteiger partial charge in [-0.05, 0) is 60.7 Å². The van der Waals surface area contributed by atoms with Gasteiger partial charge in [-0.2, -0.15) is 5.26 Å². The van der Waals surface area contributed by atoms with Gasteiger partial charge < -0.3 is 0 Å². The first-order valence-electron chi connectivity index (χ1n) is 6.25. The van der Waals surface area contributed by atoms with E-state index in [1.54, 1.807) is 6.07 Å². The molecule has 94 valence electrons. The third-order valence-electron chi connectivity index (χ3n) is 3.31. The Hall–Kier alpha value is -1.79. The van der Waals surface area contributed by atoms with Gasteiger partial charge in [-0.1, -0.05) is 17.8 Å². The van der Waals surface area contributed by atoms with E-state index in [4.69, 9.17) is 5.26 Å². The number of hydrogen-bond acceptors (Lipinski definition) is 2. The Bertz CT molecular complexity index is 673. The van der Waals surface area contributed by atoms with Crippen LogP contribution in [0.3, 0.4) is 0 Å². The molecule has 0 N–H and O–H groups in total. The summed E-state index contributed by atoms with van der Waals surface area (Å²) in [4.78, 5) is 1.88. The predicted octanol–water partition coefficient (Wildman–Crippen LogP) is 4.34. The van der Waals surface area contributed by atoms with E-state index in [2.05, 4.69) is 18.2 Å². The normalized spacial score (nSPS) is 13.1. The van der Waals surface area contributed by atoms with E-state index in [0.717, 1.165) is 16.2 Å². The molecule has 0 bridgehead atoms. The molecule has 1 aliphatic carbocycles. The molecule has 2 aromatic carbocycles. The number of benzene rings is 2. The van der Waals surface area contributed by atoms with Crippen molar-refractivity contribution in [2.75, 3.05) is 0 Å². The summed E-state index contributed by atoms with van der Waals surface area (Å²) in [6.45, 7) is 0. The number of halogens is 1. The lowest BCUT2D eigenvalue weighted by molar-refractivity contribution is 0.623. The van der Waals surface area contributed by atoms with Crippen LogP contribution in [0.1, 0.15) is 23.1 Å². The van der Waals surface area contributed by atoms with E-state index in [9.17, 15) is 4.39 Å². The fraction of sp³-hybridized carbons (Fsp3) is 0.188. The zero-order chi connectivity index (χ0) is 13.2. The van der Waals surface area contributed by atoms with Crippen molar-refractivity contribution in [2.45, 2.75) is 29.1 Å². The van der Waals surface area contributed by atoms with Crippen molar-refractivity contribution in [3.8, 4) is 6.07 Å². The van der Waals surface area contributed by atoms with Gasteiger partial charge in [0.15, 0.2) is 0 Å². The van der Waals surface area contributed by atoms with Crippen molar-refractivity contribution in [1.82, 2.24) is 0 Å². The molecule has 3 heteroatoms. The van der Waals surface area contributed by atoms with Crippen LogP contribution in [0, 0.1) is 17.1 Å². The minimum absolute atomic E-state index is 0.359.